The Morgan fingerprint density at radius 2 is 1.60 bits per heavy atom. The molecule has 178 valence electrons. The molecule has 4 amide bonds. The Bertz CT molecular complexity index is 1240. The predicted octanol–water partition coefficient (Wildman–Crippen LogP) is 3.94. The molecular weight excluding hydrogens is 440 g/mol. The molecule has 5 rings (SSSR count). The third-order valence-corrected chi connectivity index (χ3v) is 6.60. The quantitative estimate of drug-likeness (QED) is 0.595. The summed E-state index contributed by atoms with van der Waals surface area (Å²) >= 11 is 0. The average molecular weight is 469 g/mol. The zero-order valence-corrected chi connectivity index (χ0v) is 19.4. The summed E-state index contributed by atoms with van der Waals surface area (Å²) in [5.74, 6) is -0.505. The van der Waals surface area contributed by atoms with E-state index in [4.69, 9.17) is 0 Å². The van der Waals surface area contributed by atoms with Gasteiger partial charge >= 0.3 is 6.03 Å². The molecule has 1 aliphatic carbocycles. The molecule has 1 heterocycles. The van der Waals surface area contributed by atoms with Crippen molar-refractivity contribution in [3.63, 3.8) is 0 Å². The van der Waals surface area contributed by atoms with Crippen molar-refractivity contribution in [3.05, 3.63) is 95.6 Å². The SMILES string of the molecule is O=C(CN1C(=O)CN(C(=O)NCc2ccccc2)c2ccccc21)N[C@@H]1CCCc2ccccc21. The number of amides is 4. The number of aryl methyl sites for hydroxylation is 1. The van der Waals surface area contributed by atoms with Crippen LogP contribution in [-0.2, 0) is 22.6 Å². The van der Waals surface area contributed by atoms with Crippen LogP contribution in [0.3, 0.4) is 0 Å². The number of nitrogens with one attached hydrogen (secondary N) is 2. The molecule has 0 fully saturated rings. The minimum absolute atomic E-state index is 0.0529. The Hall–Kier alpha value is -4.13. The number of hydrogen-bond acceptors (Lipinski definition) is 3. The van der Waals surface area contributed by atoms with Gasteiger partial charge in [-0.25, -0.2) is 4.79 Å². The molecule has 3 aromatic carbocycles. The minimum Gasteiger partial charge on any atom is -0.348 e. The topological polar surface area (TPSA) is 81.8 Å². The summed E-state index contributed by atoms with van der Waals surface area (Å²) in [5.41, 5.74) is 4.55. The second-order valence-corrected chi connectivity index (χ2v) is 8.91. The lowest BCUT2D eigenvalue weighted by Gasteiger charge is -2.36. The van der Waals surface area contributed by atoms with E-state index in [0.717, 1.165) is 30.4 Å². The van der Waals surface area contributed by atoms with Crippen molar-refractivity contribution >= 4 is 29.2 Å². The van der Waals surface area contributed by atoms with Gasteiger partial charge in [-0.2, -0.15) is 0 Å². The molecule has 0 spiro atoms. The van der Waals surface area contributed by atoms with Crippen LogP contribution in [0.4, 0.5) is 16.2 Å². The molecule has 1 atom stereocenters. The number of carbonyl (C=O) groups is 3. The van der Waals surface area contributed by atoms with Gasteiger partial charge in [-0.15, -0.1) is 0 Å². The van der Waals surface area contributed by atoms with Gasteiger partial charge in [-0.3, -0.25) is 19.4 Å². The maximum absolute atomic E-state index is 13.1. The Kier molecular flexibility index (Phi) is 6.48. The van der Waals surface area contributed by atoms with Crippen LogP contribution in [0.15, 0.2) is 78.9 Å². The molecule has 7 nitrogen and oxygen atoms in total. The first-order valence-electron chi connectivity index (χ1n) is 12.0. The van der Waals surface area contributed by atoms with E-state index in [2.05, 4.69) is 22.8 Å². The van der Waals surface area contributed by atoms with Crippen LogP contribution in [0.2, 0.25) is 0 Å². The van der Waals surface area contributed by atoms with E-state index < -0.39 is 0 Å². The van der Waals surface area contributed by atoms with Gasteiger partial charge in [0.15, 0.2) is 0 Å². The minimum atomic E-state index is -0.349. The Labute approximate surface area is 204 Å². The first-order chi connectivity index (χ1) is 17.1. The summed E-state index contributed by atoms with van der Waals surface area (Å²) < 4.78 is 0. The van der Waals surface area contributed by atoms with Crippen LogP contribution in [0.5, 0.6) is 0 Å². The van der Waals surface area contributed by atoms with Gasteiger partial charge in [-0.1, -0.05) is 66.7 Å². The monoisotopic (exact) mass is 468 g/mol. The van der Waals surface area contributed by atoms with Crippen molar-refractivity contribution in [1.29, 1.82) is 0 Å². The largest absolute Gasteiger partial charge is 0.348 e. The van der Waals surface area contributed by atoms with Crippen LogP contribution in [0.25, 0.3) is 0 Å². The fraction of sp³-hybridized carbons (Fsp3) is 0.250. The average Bonchev–Trinajstić information content (AvgIpc) is 2.89. The van der Waals surface area contributed by atoms with Crippen molar-refractivity contribution < 1.29 is 14.4 Å². The zero-order valence-electron chi connectivity index (χ0n) is 19.4. The number of hydrogen-bond donors (Lipinski definition) is 2. The van der Waals surface area contributed by atoms with Gasteiger partial charge in [0, 0.05) is 6.54 Å². The van der Waals surface area contributed by atoms with Crippen molar-refractivity contribution in [1.82, 2.24) is 10.6 Å². The number of carbonyl (C=O) groups excluding carboxylic acids is 3. The molecule has 0 saturated heterocycles. The number of fused-ring (bicyclic) bond motifs is 2. The smallest absolute Gasteiger partial charge is 0.322 e. The van der Waals surface area contributed by atoms with Gasteiger partial charge in [-0.05, 0) is 48.1 Å². The Morgan fingerprint density at radius 1 is 0.886 bits per heavy atom. The number of rotatable bonds is 5. The second kappa shape index (κ2) is 10.0. The standard InChI is InChI=1S/C28H28N4O3/c33-26(30-23-14-8-12-21-11-4-5-13-22(21)23)18-31-24-15-6-7-16-25(24)32(19-27(31)34)28(35)29-17-20-9-2-1-3-10-20/h1-7,9-11,13,15-16,23H,8,12,14,17-19H2,(H,29,35)(H,30,33)/t23-/m1/s1. The zero-order chi connectivity index (χ0) is 24.2. The van der Waals surface area contributed by atoms with Crippen LogP contribution < -0.4 is 20.4 Å². The maximum atomic E-state index is 13.1. The molecule has 2 N–H and O–H groups in total. The highest BCUT2D eigenvalue weighted by atomic mass is 16.2. The highest BCUT2D eigenvalue weighted by Crippen LogP contribution is 2.34. The number of anilines is 2. The number of benzene rings is 3. The highest BCUT2D eigenvalue weighted by Gasteiger charge is 2.34. The van der Waals surface area contributed by atoms with Crippen molar-refractivity contribution in [2.75, 3.05) is 22.9 Å². The summed E-state index contributed by atoms with van der Waals surface area (Å²) in [6.07, 6.45) is 2.91. The van der Waals surface area contributed by atoms with Gasteiger partial charge in [0.1, 0.15) is 13.1 Å². The lowest BCUT2D eigenvalue weighted by molar-refractivity contribution is -0.124. The molecule has 0 radical (unpaired) electrons. The summed E-state index contributed by atoms with van der Waals surface area (Å²) in [4.78, 5) is 42.0. The molecule has 7 heteroatoms. The predicted molar refractivity (Wildman–Crippen MR) is 135 cm³/mol. The normalized spacial score (nSPS) is 16.8. The molecule has 1 aliphatic heterocycles. The second-order valence-electron chi connectivity index (χ2n) is 8.91. The molecule has 0 bridgehead atoms. The number of urea groups is 1. The van der Waals surface area contributed by atoms with Crippen LogP contribution >= 0.6 is 0 Å². The van der Waals surface area contributed by atoms with Gasteiger partial charge in [0.25, 0.3) is 0 Å². The lowest BCUT2D eigenvalue weighted by atomic mass is 9.88. The van der Waals surface area contributed by atoms with Crippen molar-refractivity contribution in [3.8, 4) is 0 Å². The van der Waals surface area contributed by atoms with E-state index in [1.165, 1.54) is 15.4 Å². The van der Waals surface area contributed by atoms with E-state index in [-0.39, 0.29) is 37.0 Å². The van der Waals surface area contributed by atoms with E-state index in [0.29, 0.717) is 17.9 Å². The maximum Gasteiger partial charge on any atom is 0.322 e. The third kappa shape index (κ3) is 4.89. The summed E-state index contributed by atoms with van der Waals surface area (Å²) in [7, 11) is 0. The van der Waals surface area contributed by atoms with Gasteiger partial charge in [0.05, 0.1) is 17.4 Å². The summed E-state index contributed by atoms with van der Waals surface area (Å²) in [5, 5.41) is 6.01. The van der Waals surface area contributed by atoms with E-state index >= 15 is 0 Å². The number of para-hydroxylation sites is 2. The van der Waals surface area contributed by atoms with Crippen LogP contribution in [-0.4, -0.2) is 30.9 Å². The molecule has 0 saturated carbocycles. The Balaban J connectivity index is 1.29. The van der Waals surface area contributed by atoms with Crippen molar-refractivity contribution in [2.24, 2.45) is 0 Å². The Morgan fingerprint density at radius 3 is 2.43 bits per heavy atom. The highest BCUT2D eigenvalue weighted by molar-refractivity contribution is 6.12. The molecule has 0 unspecified atom stereocenters. The summed E-state index contributed by atoms with van der Waals surface area (Å²) in [6, 6.07) is 24.6. The van der Waals surface area contributed by atoms with Crippen LogP contribution in [0.1, 0.15) is 35.6 Å². The van der Waals surface area contributed by atoms with E-state index in [1.54, 1.807) is 18.2 Å². The van der Waals surface area contributed by atoms with Gasteiger partial charge in [0.2, 0.25) is 11.8 Å². The lowest BCUT2D eigenvalue weighted by Crippen LogP contribution is -2.53. The fourth-order valence-corrected chi connectivity index (χ4v) is 4.87. The molecule has 0 aromatic heterocycles. The van der Waals surface area contributed by atoms with E-state index in [1.807, 2.05) is 48.5 Å². The number of nitrogens with zero attached hydrogens (tertiary/aromatic N) is 2. The van der Waals surface area contributed by atoms with E-state index in [9.17, 15) is 14.4 Å². The first-order valence-corrected chi connectivity index (χ1v) is 12.0. The molecule has 35 heavy (non-hydrogen) atoms. The van der Waals surface area contributed by atoms with Crippen LogP contribution in [0, 0.1) is 0 Å². The summed E-state index contributed by atoms with van der Waals surface area (Å²) in [6.45, 7) is 0.146. The third-order valence-electron chi connectivity index (χ3n) is 6.60. The fourth-order valence-electron chi connectivity index (χ4n) is 4.87. The molecular formula is C28H28N4O3. The molecule has 2 aliphatic rings. The molecule has 3 aromatic rings. The van der Waals surface area contributed by atoms with Gasteiger partial charge < -0.3 is 10.6 Å². The van der Waals surface area contributed by atoms with Crippen molar-refractivity contribution in [2.45, 2.75) is 31.8 Å². The first kappa shape index (κ1) is 22.7.